The summed E-state index contributed by atoms with van der Waals surface area (Å²) in [6.45, 7) is 7.14. The lowest BCUT2D eigenvalue weighted by Crippen LogP contribution is -2.32. The predicted molar refractivity (Wildman–Crippen MR) is 141 cm³/mol. The number of aryl methyl sites for hydroxylation is 1. The highest BCUT2D eigenvalue weighted by Crippen LogP contribution is 2.52. The predicted octanol–water partition coefficient (Wildman–Crippen LogP) is 5.80. The zero-order chi connectivity index (χ0) is 28.5. The van der Waals surface area contributed by atoms with Crippen molar-refractivity contribution in [2.24, 2.45) is 17.3 Å². The third-order valence-electron chi connectivity index (χ3n) is 5.90. The molecule has 1 aromatic heterocycles. The Morgan fingerprint density at radius 3 is 2.38 bits per heavy atom. The first-order valence-corrected chi connectivity index (χ1v) is 11.6. The van der Waals surface area contributed by atoms with Crippen LogP contribution in [0.5, 0.6) is 0 Å². The minimum Gasteiger partial charge on any atom is -0.307 e. The Balaban J connectivity index is 1.52. The number of nitrogens with zero attached hydrogens (tertiary/aromatic N) is 5. The number of hydrogen-bond donors (Lipinski definition) is 1. The minimum atomic E-state index is -4.70. The third kappa shape index (κ3) is 5.32. The van der Waals surface area contributed by atoms with Gasteiger partial charge in [0.05, 0.1) is 17.8 Å². The molecule has 12 heteroatoms. The van der Waals surface area contributed by atoms with Crippen LogP contribution in [0, 0.1) is 12.3 Å². The molecule has 1 aliphatic heterocycles. The van der Waals surface area contributed by atoms with E-state index in [1.165, 1.54) is 27.8 Å². The molecule has 8 nitrogen and oxygen atoms in total. The molecule has 2 heterocycles. The number of carbonyl (C=O) groups is 2. The van der Waals surface area contributed by atoms with E-state index < -0.39 is 23.7 Å². The van der Waals surface area contributed by atoms with Gasteiger partial charge in [0.15, 0.2) is 0 Å². The molecule has 39 heavy (non-hydrogen) atoms. The Morgan fingerprint density at radius 1 is 1.15 bits per heavy atom. The van der Waals surface area contributed by atoms with Crippen LogP contribution in [0.15, 0.2) is 88.6 Å². The van der Waals surface area contributed by atoms with Gasteiger partial charge in [0.1, 0.15) is 5.82 Å². The van der Waals surface area contributed by atoms with Crippen LogP contribution in [0.3, 0.4) is 0 Å². The summed E-state index contributed by atoms with van der Waals surface area (Å²) in [5.41, 5.74) is -1.20. The molecule has 3 aromatic rings. The van der Waals surface area contributed by atoms with Gasteiger partial charge in [0.2, 0.25) is 0 Å². The second-order valence-corrected chi connectivity index (χ2v) is 8.93. The van der Waals surface area contributed by atoms with E-state index in [4.69, 9.17) is 18.0 Å². The molecule has 2 amide bonds. The number of aromatic nitrogens is 2. The number of nitrogens with one attached hydrogen (secondary N) is 1. The highest BCUT2D eigenvalue weighted by Gasteiger charge is 2.65. The summed E-state index contributed by atoms with van der Waals surface area (Å²) in [7, 11) is 1.60. The Kier molecular flexibility index (Phi) is 7.17. The van der Waals surface area contributed by atoms with E-state index in [1.807, 2.05) is 0 Å². The van der Waals surface area contributed by atoms with E-state index in [9.17, 15) is 22.8 Å². The lowest BCUT2D eigenvalue weighted by Gasteiger charge is -2.21. The van der Waals surface area contributed by atoms with Crippen LogP contribution in [-0.4, -0.2) is 34.3 Å². The number of carbonyl (C=O) groups excluding carboxylic acids is 2. The summed E-state index contributed by atoms with van der Waals surface area (Å²) in [5.74, 6) is 1.60. The van der Waals surface area contributed by atoms with Crippen molar-refractivity contribution in [3.63, 3.8) is 0 Å². The van der Waals surface area contributed by atoms with Crippen molar-refractivity contribution in [1.82, 2.24) is 9.78 Å². The van der Waals surface area contributed by atoms with Crippen LogP contribution >= 0.6 is 11.6 Å². The summed E-state index contributed by atoms with van der Waals surface area (Å²) in [5, 5.41) is 13.4. The Hall–Kier alpha value is -4.69. The summed E-state index contributed by atoms with van der Waals surface area (Å²) >= 11 is 5.81. The van der Waals surface area contributed by atoms with Crippen LogP contribution in [0.4, 0.5) is 24.7 Å². The molecule has 0 spiro atoms. The third-order valence-corrected chi connectivity index (χ3v) is 6.13. The maximum absolute atomic E-state index is 13.4. The van der Waals surface area contributed by atoms with E-state index in [1.54, 1.807) is 37.4 Å². The van der Waals surface area contributed by atoms with Crippen molar-refractivity contribution in [3.8, 4) is 23.6 Å². The molecule has 0 fully saturated rings. The molecule has 0 atom stereocenters. The fraction of sp³-hybridized carbons (Fsp3) is 0.148. The lowest BCUT2D eigenvalue weighted by atomic mass is 10.00. The zero-order valence-electron chi connectivity index (χ0n) is 20.5. The van der Waals surface area contributed by atoms with Gasteiger partial charge in [-0.1, -0.05) is 54.9 Å². The molecule has 0 saturated carbocycles. The van der Waals surface area contributed by atoms with Gasteiger partial charge in [-0.05, 0) is 24.3 Å². The molecule has 0 bridgehead atoms. The van der Waals surface area contributed by atoms with Crippen molar-refractivity contribution < 1.29 is 22.8 Å². The Bertz CT molecular complexity index is 1560. The smallest absolute Gasteiger partial charge is 0.307 e. The average molecular weight is 553 g/mol. The summed E-state index contributed by atoms with van der Waals surface area (Å²) < 4.78 is 41.5. The van der Waals surface area contributed by atoms with Gasteiger partial charge < -0.3 is 5.32 Å². The topological polar surface area (TPSA) is 92.0 Å². The number of alkyl halides is 3. The summed E-state index contributed by atoms with van der Waals surface area (Å²) in [6, 6.07) is 13.4. The molecule has 0 unspecified atom stereocenters. The number of rotatable bonds is 8. The fourth-order valence-electron chi connectivity index (χ4n) is 3.70. The SMILES string of the molecule is C#CCN(C(=O)C(=C)C(=C)Cl)c1ccc(-c2cc(NC(=O)c3cccc(C4(C(F)(F)F)N=N4)c3)n(C)n2)cc1. The number of halogens is 4. The molecule has 0 radical (unpaired) electrons. The monoisotopic (exact) mass is 552 g/mol. The largest absolute Gasteiger partial charge is 0.442 e. The first kappa shape index (κ1) is 27.3. The van der Waals surface area contributed by atoms with E-state index in [-0.39, 0.29) is 28.3 Å². The quantitative estimate of drug-likeness (QED) is 0.218. The highest BCUT2D eigenvalue weighted by molar-refractivity contribution is 6.35. The van der Waals surface area contributed by atoms with Crippen molar-refractivity contribution in [2.45, 2.75) is 11.8 Å². The van der Waals surface area contributed by atoms with Gasteiger partial charge in [0, 0.05) is 40.5 Å². The van der Waals surface area contributed by atoms with Gasteiger partial charge >= 0.3 is 11.8 Å². The van der Waals surface area contributed by atoms with E-state index in [0.29, 0.717) is 22.8 Å². The molecule has 198 valence electrons. The molecular formula is C27H20ClF3N6O2. The van der Waals surface area contributed by atoms with Gasteiger partial charge in [-0.2, -0.15) is 18.3 Å². The second kappa shape index (κ2) is 10.2. The van der Waals surface area contributed by atoms with Crippen LogP contribution in [0.25, 0.3) is 11.3 Å². The molecule has 1 aliphatic rings. The summed E-state index contributed by atoms with van der Waals surface area (Å²) in [6.07, 6.45) is 0.717. The average Bonchev–Trinajstić information content (AvgIpc) is 3.66. The number of amides is 2. The van der Waals surface area contributed by atoms with Gasteiger partial charge in [-0.25, -0.2) is 0 Å². The Morgan fingerprint density at radius 2 is 1.82 bits per heavy atom. The van der Waals surface area contributed by atoms with Crippen molar-refractivity contribution in [1.29, 1.82) is 0 Å². The van der Waals surface area contributed by atoms with Crippen LogP contribution in [-0.2, 0) is 17.5 Å². The van der Waals surface area contributed by atoms with Gasteiger partial charge in [-0.3, -0.25) is 19.2 Å². The summed E-state index contributed by atoms with van der Waals surface area (Å²) in [4.78, 5) is 26.9. The van der Waals surface area contributed by atoms with E-state index in [2.05, 4.69) is 39.7 Å². The number of anilines is 2. The first-order valence-electron chi connectivity index (χ1n) is 11.2. The zero-order valence-corrected chi connectivity index (χ0v) is 21.2. The van der Waals surface area contributed by atoms with Crippen molar-refractivity contribution in [3.05, 3.63) is 89.5 Å². The first-order chi connectivity index (χ1) is 18.4. The van der Waals surface area contributed by atoms with Crippen LogP contribution in [0.2, 0.25) is 0 Å². The number of hydrogen-bond acceptors (Lipinski definition) is 5. The number of benzene rings is 2. The molecule has 4 rings (SSSR count). The number of terminal acetylenes is 1. The Labute approximate surface area is 226 Å². The van der Waals surface area contributed by atoms with Gasteiger partial charge in [0.25, 0.3) is 11.8 Å². The fourth-order valence-corrected chi connectivity index (χ4v) is 3.78. The molecule has 0 saturated heterocycles. The minimum absolute atomic E-state index is 0.0000141. The lowest BCUT2D eigenvalue weighted by molar-refractivity contribution is -0.166. The molecule has 2 aromatic carbocycles. The van der Waals surface area contributed by atoms with Crippen LogP contribution < -0.4 is 10.2 Å². The van der Waals surface area contributed by atoms with Crippen molar-refractivity contribution in [2.75, 3.05) is 16.8 Å². The maximum Gasteiger partial charge on any atom is 0.442 e. The van der Waals surface area contributed by atoms with Crippen molar-refractivity contribution >= 4 is 34.9 Å². The maximum atomic E-state index is 13.4. The van der Waals surface area contributed by atoms with E-state index in [0.717, 1.165) is 6.07 Å². The van der Waals surface area contributed by atoms with E-state index >= 15 is 0 Å². The molecule has 1 N–H and O–H groups in total. The molecular weight excluding hydrogens is 533 g/mol. The molecule has 0 aliphatic carbocycles. The van der Waals surface area contributed by atoms with Crippen LogP contribution in [0.1, 0.15) is 15.9 Å². The standard InChI is InChI=1S/C27H20ClF3N6O2/c1-5-13-37(25(39)16(2)17(3)28)21-11-9-18(10-12-21)22-15-23(36(4)33-22)32-24(38)19-7-6-8-20(14-19)26(34-35-26)27(29,30)31/h1,6-12,14-15H,2-3,13H2,4H3,(H,32,38). The highest BCUT2D eigenvalue weighted by atomic mass is 35.5. The normalized spacial score (nSPS) is 13.3. The van der Waals surface area contributed by atoms with Gasteiger partial charge in [-0.15, -0.1) is 16.7 Å². The second-order valence-electron chi connectivity index (χ2n) is 8.47.